The Bertz CT molecular complexity index is 1130. The average Bonchev–Trinajstić information content (AvgIpc) is 2.97. The topological polar surface area (TPSA) is 49.2 Å². The van der Waals surface area contributed by atoms with Crippen LogP contribution in [0.15, 0.2) is 48.5 Å². The van der Waals surface area contributed by atoms with Gasteiger partial charge in [0.15, 0.2) is 0 Å². The molecule has 4 rings (SSSR count). The number of fused-ring (bicyclic) bond motifs is 1. The van der Waals surface area contributed by atoms with E-state index in [9.17, 15) is 9.50 Å². The molecule has 1 N–H and O–H groups in total. The highest BCUT2D eigenvalue weighted by atomic mass is 35.5. The van der Waals surface area contributed by atoms with E-state index in [1.807, 2.05) is 18.9 Å². The maximum atomic E-state index is 13.4. The van der Waals surface area contributed by atoms with Crippen LogP contribution in [0.5, 0.6) is 5.75 Å². The molecule has 0 radical (unpaired) electrons. The molecule has 7 heteroatoms. The number of halogens is 2. The average molecular weight is 400 g/mol. The van der Waals surface area contributed by atoms with Crippen LogP contribution in [0, 0.1) is 12.7 Å². The van der Waals surface area contributed by atoms with Gasteiger partial charge in [-0.3, -0.25) is 0 Å². The van der Waals surface area contributed by atoms with Crippen LogP contribution in [0.4, 0.5) is 15.9 Å². The summed E-state index contributed by atoms with van der Waals surface area (Å²) in [6, 6.07) is 13.2. The second-order valence-electron chi connectivity index (χ2n) is 6.11. The minimum atomic E-state index is -0.281. The van der Waals surface area contributed by atoms with Gasteiger partial charge in [-0.2, -0.15) is 4.98 Å². The molecule has 0 saturated heterocycles. The lowest BCUT2D eigenvalue weighted by Crippen LogP contribution is -2.12. The molecule has 136 valence electrons. The van der Waals surface area contributed by atoms with Crippen LogP contribution in [0.1, 0.15) is 4.88 Å². The van der Waals surface area contributed by atoms with E-state index in [1.54, 1.807) is 36.4 Å². The molecule has 27 heavy (non-hydrogen) atoms. The van der Waals surface area contributed by atoms with E-state index < -0.39 is 0 Å². The zero-order chi connectivity index (χ0) is 19.1. The Kier molecular flexibility index (Phi) is 4.45. The van der Waals surface area contributed by atoms with Crippen LogP contribution in [-0.2, 0) is 0 Å². The number of phenolic OH excluding ortho intramolecular Hbond substituents is 1. The van der Waals surface area contributed by atoms with Crippen molar-refractivity contribution < 1.29 is 9.50 Å². The van der Waals surface area contributed by atoms with Crippen molar-refractivity contribution >= 4 is 44.7 Å². The number of anilines is 2. The summed E-state index contributed by atoms with van der Waals surface area (Å²) < 4.78 is 13.4. The lowest BCUT2D eigenvalue weighted by atomic mass is 10.0. The molecule has 0 aliphatic heterocycles. The maximum Gasteiger partial charge on any atom is 0.225 e. The molecular weight excluding hydrogens is 385 g/mol. The molecule has 2 heterocycles. The third-order valence-corrected chi connectivity index (χ3v) is 5.54. The molecule has 2 aromatic carbocycles. The van der Waals surface area contributed by atoms with Gasteiger partial charge in [0, 0.05) is 23.2 Å². The maximum absolute atomic E-state index is 13.4. The van der Waals surface area contributed by atoms with Crippen molar-refractivity contribution in [3.63, 3.8) is 0 Å². The number of hydrogen-bond acceptors (Lipinski definition) is 5. The van der Waals surface area contributed by atoms with E-state index in [0.717, 1.165) is 31.9 Å². The molecule has 0 aliphatic carbocycles. The van der Waals surface area contributed by atoms with Gasteiger partial charge in [0.2, 0.25) is 5.28 Å². The number of benzene rings is 2. The van der Waals surface area contributed by atoms with E-state index in [2.05, 4.69) is 9.97 Å². The first-order valence-electron chi connectivity index (χ1n) is 8.19. The summed E-state index contributed by atoms with van der Waals surface area (Å²) in [5, 5.41) is 10.6. The molecule has 0 aliphatic rings. The second kappa shape index (κ2) is 6.79. The molecule has 0 saturated carbocycles. The van der Waals surface area contributed by atoms with Crippen LogP contribution in [-0.4, -0.2) is 22.1 Å². The molecule has 2 aromatic heterocycles. The fourth-order valence-electron chi connectivity index (χ4n) is 3.07. The predicted octanol–water partition coefficient (Wildman–Crippen LogP) is 5.93. The molecule has 4 nitrogen and oxygen atoms in total. The summed E-state index contributed by atoms with van der Waals surface area (Å²) in [5.74, 6) is 0.562. The first-order valence-corrected chi connectivity index (χ1v) is 9.39. The van der Waals surface area contributed by atoms with Crippen molar-refractivity contribution in [2.24, 2.45) is 0 Å². The summed E-state index contributed by atoms with van der Waals surface area (Å²) in [6.45, 7) is 2.00. The summed E-state index contributed by atoms with van der Waals surface area (Å²) in [7, 11) is 1.88. The number of phenols is 1. The Morgan fingerprint density at radius 1 is 1.04 bits per heavy atom. The highest BCUT2D eigenvalue weighted by Gasteiger charge is 2.21. The third-order valence-electron chi connectivity index (χ3n) is 4.37. The molecule has 0 unspecified atom stereocenters. The molecule has 4 aromatic rings. The van der Waals surface area contributed by atoms with Crippen LogP contribution >= 0.6 is 22.9 Å². The monoisotopic (exact) mass is 399 g/mol. The van der Waals surface area contributed by atoms with E-state index in [-0.39, 0.29) is 16.9 Å². The number of thiophene rings is 1. The Morgan fingerprint density at radius 3 is 2.37 bits per heavy atom. The van der Waals surface area contributed by atoms with E-state index in [1.165, 1.54) is 23.5 Å². The molecule has 0 amide bonds. The molecular formula is C20H15ClFN3OS. The van der Waals surface area contributed by atoms with Gasteiger partial charge in [0.1, 0.15) is 22.2 Å². The normalized spacial score (nSPS) is 11.1. The van der Waals surface area contributed by atoms with Crippen molar-refractivity contribution in [3.8, 4) is 16.9 Å². The van der Waals surface area contributed by atoms with Gasteiger partial charge >= 0.3 is 0 Å². The minimum Gasteiger partial charge on any atom is -0.508 e. The van der Waals surface area contributed by atoms with Crippen LogP contribution < -0.4 is 4.90 Å². The van der Waals surface area contributed by atoms with Gasteiger partial charge in [0.05, 0.1) is 5.39 Å². The van der Waals surface area contributed by atoms with Crippen LogP contribution in [0.25, 0.3) is 21.3 Å². The smallest absolute Gasteiger partial charge is 0.225 e. The lowest BCUT2D eigenvalue weighted by molar-refractivity contribution is 0.475. The van der Waals surface area contributed by atoms with Gasteiger partial charge in [-0.15, -0.1) is 11.3 Å². The highest BCUT2D eigenvalue weighted by Crippen LogP contribution is 2.43. The molecule has 0 spiro atoms. The number of nitrogens with zero attached hydrogens (tertiary/aromatic N) is 3. The van der Waals surface area contributed by atoms with Crippen LogP contribution in [0.2, 0.25) is 5.28 Å². The molecule has 0 bridgehead atoms. The van der Waals surface area contributed by atoms with Gasteiger partial charge in [-0.05, 0) is 60.5 Å². The minimum absolute atomic E-state index is 0.162. The van der Waals surface area contributed by atoms with Crippen molar-refractivity contribution in [1.29, 1.82) is 0 Å². The number of aryl methyl sites for hydroxylation is 1. The Hall–Kier alpha value is -2.70. The van der Waals surface area contributed by atoms with Crippen molar-refractivity contribution in [2.45, 2.75) is 6.92 Å². The van der Waals surface area contributed by atoms with Gasteiger partial charge in [-0.1, -0.05) is 12.1 Å². The highest BCUT2D eigenvalue weighted by molar-refractivity contribution is 7.19. The molecule has 0 fully saturated rings. The van der Waals surface area contributed by atoms with Crippen LogP contribution in [0.3, 0.4) is 0 Å². The van der Waals surface area contributed by atoms with E-state index in [0.29, 0.717) is 5.82 Å². The lowest BCUT2D eigenvalue weighted by Gasteiger charge is -2.20. The van der Waals surface area contributed by atoms with Crippen molar-refractivity contribution in [2.75, 3.05) is 11.9 Å². The Balaban J connectivity index is 1.97. The number of aromatic nitrogens is 2. The molecule has 0 atom stereocenters. The summed E-state index contributed by atoms with van der Waals surface area (Å²) >= 11 is 7.70. The van der Waals surface area contributed by atoms with Crippen molar-refractivity contribution in [3.05, 3.63) is 64.5 Å². The van der Waals surface area contributed by atoms with Crippen molar-refractivity contribution in [1.82, 2.24) is 9.97 Å². The fraction of sp³-hybridized carbons (Fsp3) is 0.100. The first-order chi connectivity index (χ1) is 12.9. The predicted molar refractivity (Wildman–Crippen MR) is 109 cm³/mol. The largest absolute Gasteiger partial charge is 0.508 e. The third kappa shape index (κ3) is 3.22. The number of aromatic hydroxyl groups is 1. The standard InChI is InChI=1S/C20H15ClFN3OS/c1-11-16(12-3-5-13(22)6-4-12)17-18(23-20(21)24-19(17)27-11)25(2)14-7-9-15(26)10-8-14/h3-10,26H,1-2H3. The quantitative estimate of drug-likeness (QED) is 0.433. The van der Waals surface area contributed by atoms with Gasteiger partial charge < -0.3 is 10.0 Å². The summed E-state index contributed by atoms with van der Waals surface area (Å²) in [5.41, 5.74) is 2.71. The van der Waals surface area contributed by atoms with E-state index in [4.69, 9.17) is 11.6 Å². The number of rotatable bonds is 3. The van der Waals surface area contributed by atoms with E-state index >= 15 is 0 Å². The summed E-state index contributed by atoms with van der Waals surface area (Å²) in [6.07, 6.45) is 0. The fourth-order valence-corrected chi connectivity index (χ4v) is 4.33. The SMILES string of the molecule is Cc1sc2nc(Cl)nc(N(C)c3ccc(O)cc3)c2c1-c1ccc(F)cc1. The Labute approximate surface area is 164 Å². The number of hydrogen-bond donors (Lipinski definition) is 1. The zero-order valence-corrected chi connectivity index (χ0v) is 16.1. The van der Waals surface area contributed by atoms with Gasteiger partial charge in [0.25, 0.3) is 0 Å². The first kappa shape index (κ1) is 17.7. The van der Waals surface area contributed by atoms with Gasteiger partial charge in [-0.25, -0.2) is 9.37 Å². The Morgan fingerprint density at radius 2 is 1.70 bits per heavy atom. The zero-order valence-electron chi connectivity index (χ0n) is 14.6. The second-order valence-corrected chi connectivity index (χ2v) is 7.65. The summed E-state index contributed by atoms with van der Waals surface area (Å²) in [4.78, 5) is 12.6.